The Morgan fingerprint density at radius 2 is 1.94 bits per heavy atom. The first kappa shape index (κ1) is 12.7. The summed E-state index contributed by atoms with van der Waals surface area (Å²) < 4.78 is 15.9. The minimum atomic E-state index is -0.578. The molecule has 18 heavy (non-hydrogen) atoms. The van der Waals surface area contributed by atoms with Crippen molar-refractivity contribution in [1.29, 1.82) is 0 Å². The van der Waals surface area contributed by atoms with Crippen molar-refractivity contribution < 1.29 is 19.0 Å². The van der Waals surface area contributed by atoms with Gasteiger partial charge in [-0.05, 0) is 31.9 Å². The van der Waals surface area contributed by atoms with E-state index in [2.05, 4.69) is 0 Å². The Morgan fingerprint density at radius 1 is 1.28 bits per heavy atom. The first-order valence-electron chi connectivity index (χ1n) is 6.08. The van der Waals surface area contributed by atoms with Gasteiger partial charge in [0.2, 0.25) is 0 Å². The molecular formula is C14H18O4. The molecule has 98 valence electrons. The van der Waals surface area contributed by atoms with E-state index in [4.69, 9.17) is 14.2 Å². The van der Waals surface area contributed by atoms with Crippen LogP contribution in [0, 0.1) is 0 Å². The number of carbonyl (C=O) groups is 1. The predicted molar refractivity (Wildman–Crippen MR) is 67.1 cm³/mol. The van der Waals surface area contributed by atoms with Crippen molar-refractivity contribution in [2.24, 2.45) is 0 Å². The van der Waals surface area contributed by atoms with Crippen molar-refractivity contribution in [3.05, 3.63) is 23.8 Å². The lowest BCUT2D eigenvalue weighted by molar-refractivity contribution is -0.143. The summed E-state index contributed by atoms with van der Waals surface area (Å²) in [6, 6.07) is 5.58. The zero-order valence-corrected chi connectivity index (χ0v) is 11.0. The molecule has 4 nitrogen and oxygen atoms in total. The minimum absolute atomic E-state index is 0.215. The summed E-state index contributed by atoms with van der Waals surface area (Å²) in [5.74, 6) is 1.18. The van der Waals surface area contributed by atoms with Crippen LogP contribution in [0.1, 0.15) is 25.3 Å². The second-order valence-corrected chi connectivity index (χ2v) is 4.34. The van der Waals surface area contributed by atoms with E-state index < -0.39 is 5.41 Å². The summed E-state index contributed by atoms with van der Waals surface area (Å²) in [4.78, 5) is 12.0. The molecule has 0 aromatic heterocycles. The van der Waals surface area contributed by atoms with Gasteiger partial charge in [-0.1, -0.05) is 6.07 Å². The van der Waals surface area contributed by atoms with Gasteiger partial charge in [-0.2, -0.15) is 0 Å². The molecular weight excluding hydrogens is 232 g/mol. The molecule has 0 saturated heterocycles. The van der Waals surface area contributed by atoms with Gasteiger partial charge in [0.25, 0.3) is 0 Å². The van der Waals surface area contributed by atoms with Gasteiger partial charge in [0.15, 0.2) is 0 Å². The van der Waals surface area contributed by atoms with Gasteiger partial charge in [0, 0.05) is 0 Å². The number of methoxy groups -OCH3 is 2. The van der Waals surface area contributed by atoms with E-state index in [1.807, 2.05) is 25.1 Å². The molecule has 1 aliphatic carbocycles. The first-order chi connectivity index (χ1) is 8.69. The molecule has 0 heterocycles. The van der Waals surface area contributed by atoms with Gasteiger partial charge in [0.1, 0.15) is 16.9 Å². The lowest BCUT2D eigenvalue weighted by atomic mass is 9.94. The van der Waals surface area contributed by atoms with E-state index in [0.29, 0.717) is 18.1 Å². The summed E-state index contributed by atoms with van der Waals surface area (Å²) in [5.41, 5.74) is 0.243. The Morgan fingerprint density at radius 3 is 2.44 bits per heavy atom. The number of rotatable bonds is 5. The topological polar surface area (TPSA) is 44.8 Å². The third-order valence-corrected chi connectivity index (χ3v) is 3.31. The van der Waals surface area contributed by atoms with Crippen LogP contribution in [0.4, 0.5) is 0 Å². The standard InChI is InChI=1S/C14H18O4/c1-4-18-11-7-5-6-10(16-2)12(11)14(8-9-14)13(15)17-3/h5-7H,4,8-9H2,1-3H3. The number of benzene rings is 1. The largest absolute Gasteiger partial charge is 0.496 e. The van der Waals surface area contributed by atoms with Crippen LogP contribution in [-0.4, -0.2) is 26.8 Å². The SMILES string of the molecule is CCOc1cccc(OC)c1C1(C(=O)OC)CC1. The molecule has 4 heteroatoms. The number of carbonyl (C=O) groups excluding carboxylic acids is 1. The van der Waals surface area contributed by atoms with Crippen molar-refractivity contribution in [1.82, 2.24) is 0 Å². The maximum absolute atomic E-state index is 12.0. The molecule has 1 saturated carbocycles. The number of ether oxygens (including phenoxy) is 3. The minimum Gasteiger partial charge on any atom is -0.496 e. The highest BCUT2D eigenvalue weighted by Crippen LogP contribution is 2.55. The van der Waals surface area contributed by atoms with Crippen LogP contribution in [0.25, 0.3) is 0 Å². The molecule has 0 N–H and O–H groups in total. The van der Waals surface area contributed by atoms with Gasteiger partial charge in [-0.3, -0.25) is 4.79 Å². The summed E-state index contributed by atoms with van der Waals surface area (Å²) in [6.45, 7) is 2.47. The Balaban J connectivity index is 2.50. The molecule has 0 radical (unpaired) electrons. The van der Waals surface area contributed by atoms with Crippen molar-refractivity contribution in [2.45, 2.75) is 25.2 Å². The molecule has 0 bridgehead atoms. The van der Waals surface area contributed by atoms with Crippen LogP contribution in [0.2, 0.25) is 0 Å². The van der Waals surface area contributed by atoms with Gasteiger partial charge < -0.3 is 14.2 Å². The molecule has 0 amide bonds. The van der Waals surface area contributed by atoms with E-state index in [9.17, 15) is 4.79 Å². The number of hydrogen-bond donors (Lipinski definition) is 0. The van der Waals surface area contributed by atoms with Gasteiger partial charge in [-0.15, -0.1) is 0 Å². The lowest BCUT2D eigenvalue weighted by Crippen LogP contribution is -2.23. The normalized spacial score (nSPS) is 15.9. The van der Waals surface area contributed by atoms with E-state index in [1.165, 1.54) is 7.11 Å². The van der Waals surface area contributed by atoms with Crippen molar-refractivity contribution >= 4 is 5.97 Å². The highest BCUT2D eigenvalue weighted by molar-refractivity contribution is 5.88. The second-order valence-electron chi connectivity index (χ2n) is 4.34. The third kappa shape index (κ3) is 1.92. The molecule has 0 spiro atoms. The highest BCUT2D eigenvalue weighted by Gasteiger charge is 2.55. The zero-order valence-electron chi connectivity index (χ0n) is 11.0. The fourth-order valence-electron chi connectivity index (χ4n) is 2.31. The van der Waals surface area contributed by atoms with Crippen LogP contribution in [0.3, 0.4) is 0 Å². The van der Waals surface area contributed by atoms with Gasteiger partial charge in [-0.25, -0.2) is 0 Å². The maximum Gasteiger partial charge on any atom is 0.316 e. The Bertz CT molecular complexity index is 449. The third-order valence-electron chi connectivity index (χ3n) is 3.31. The van der Waals surface area contributed by atoms with E-state index in [1.54, 1.807) is 7.11 Å². The quantitative estimate of drug-likeness (QED) is 0.752. The fraction of sp³-hybridized carbons (Fsp3) is 0.500. The van der Waals surface area contributed by atoms with Crippen LogP contribution in [0.15, 0.2) is 18.2 Å². The monoisotopic (exact) mass is 250 g/mol. The predicted octanol–water partition coefficient (Wildman–Crippen LogP) is 2.30. The number of hydrogen-bond acceptors (Lipinski definition) is 4. The molecule has 2 rings (SSSR count). The van der Waals surface area contributed by atoms with Crippen LogP contribution in [0.5, 0.6) is 11.5 Å². The molecule has 1 aliphatic rings. The van der Waals surface area contributed by atoms with Crippen LogP contribution < -0.4 is 9.47 Å². The second kappa shape index (κ2) is 4.88. The Hall–Kier alpha value is -1.71. The van der Waals surface area contributed by atoms with Crippen molar-refractivity contribution in [2.75, 3.05) is 20.8 Å². The molecule has 0 aliphatic heterocycles. The lowest BCUT2D eigenvalue weighted by Gasteiger charge is -2.20. The van der Waals surface area contributed by atoms with E-state index in [-0.39, 0.29) is 5.97 Å². The van der Waals surface area contributed by atoms with E-state index in [0.717, 1.165) is 18.4 Å². The van der Waals surface area contributed by atoms with Gasteiger partial charge >= 0.3 is 5.97 Å². The van der Waals surface area contributed by atoms with Crippen LogP contribution in [-0.2, 0) is 14.9 Å². The summed E-state index contributed by atoms with van der Waals surface area (Å²) in [7, 11) is 3.01. The summed E-state index contributed by atoms with van der Waals surface area (Å²) >= 11 is 0. The Kier molecular flexibility index (Phi) is 3.45. The molecule has 1 fully saturated rings. The Labute approximate surface area is 107 Å². The first-order valence-corrected chi connectivity index (χ1v) is 6.08. The summed E-state index contributed by atoms with van der Waals surface area (Å²) in [5, 5.41) is 0. The smallest absolute Gasteiger partial charge is 0.316 e. The molecule has 0 unspecified atom stereocenters. The van der Waals surface area contributed by atoms with E-state index >= 15 is 0 Å². The van der Waals surface area contributed by atoms with Gasteiger partial charge in [0.05, 0.1) is 26.4 Å². The maximum atomic E-state index is 12.0. The average molecular weight is 250 g/mol. The number of esters is 1. The zero-order chi connectivity index (χ0) is 13.2. The fourth-order valence-corrected chi connectivity index (χ4v) is 2.31. The summed E-state index contributed by atoms with van der Waals surface area (Å²) in [6.07, 6.45) is 1.56. The molecule has 1 aromatic rings. The van der Waals surface area contributed by atoms with Crippen LogP contribution >= 0.6 is 0 Å². The van der Waals surface area contributed by atoms with Crippen molar-refractivity contribution in [3.63, 3.8) is 0 Å². The highest BCUT2D eigenvalue weighted by atomic mass is 16.5. The molecule has 0 atom stereocenters. The van der Waals surface area contributed by atoms with Crippen molar-refractivity contribution in [3.8, 4) is 11.5 Å². The molecule has 1 aromatic carbocycles. The average Bonchev–Trinajstić information content (AvgIpc) is 3.19.